The van der Waals surface area contributed by atoms with Crippen LogP contribution in [0, 0.1) is 5.92 Å². The summed E-state index contributed by atoms with van der Waals surface area (Å²) in [5.41, 5.74) is 5.92. The van der Waals surface area contributed by atoms with Gasteiger partial charge in [0.05, 0.1) is 0 Å². The van der Waals surface area contributed by atoms with Crippen LogP contribution in [0.25, 0.3) is 0 Å². The van der Waals surface area contributed by atoms with Crippen molar-refractivity contribution in [1.82, 2.24) is 0 Å². The minimum absolute atomic E-state index is 0.0303. The summed E-state index contributed by atoms with van der Waals surface area (Å²) < 4.78 is 0. The van der Waals surface area contributed by atoms with E-state index in [0.717, 1.165) is 12.3 Å². The Morgan fingerprint density at radius 2 is 1.64 bits per heavy atom. The van der Waals surface area contributed by atoms with Crippen molar-refractivity contribution in [3.05, 3.63) is 0 Å². The second-order valence-electron chi connectivity index (χ2n) is 4.21. The molecule has 0 aliphatic rings. The molecule has 0 aromatic heterocycles. The average molecular weight is 157 g/mol. The molecule has 0 bridgehead atoms. The largest absolute Gasteiger partial charge is 0.326 e. The lowest BCUT2D eigenvalue weighted by atomic mass is 9.90. The van der Waals surface area contributed by atoms with E-state index in [0.29, 0.717) is 0 Å². The molecule has 0 spiro atoms. The summed E-state index contributed by atoms with van der Waals surface area (Å²) >= 11 is 0. The molecule has 0 fully saturated rings. The Morgan fingerprint density at radius 3 is 1.91 bits per heavy atom. The van der Waals surface area contributed by atoms with Crippen molar-refractivity contribution < 1.29 is 0 Å². The lowest BCUT2D eigenvalue weighted by Crippen LogP contribution is -2.32. The van der Waals surface area contributed by atoms with E-state index in [-0.39, 0.29) is 5.54 Å². The molecule has 11 heavy (non-hydrogen) atoms. The monoisotopic (exact) mass is 157 g/mol. The molecule has 1 heteroatoms. The maximum atomic E-state index is 5.89. The molecule has 1 nitrogen and oxygen atoms in total. The van der Waals surface area contributed by atoms with Gasteiger partial charge in [-0.1, -0.05) is 26.7 Å². The summed E-state index contributed by atoms with van der Waals surface area (Å²) in [6.45, 7) is 8.74. The normalized spacial score (nSPS) is 12.5. The highest BCUT2D eigenvalue weighted by Gasteiger charge is 2.12. The van der Waals surface area contributed by atoms with E-state index in [4.69, 9.17) is 5.73 Å². The molecule has 0 heterocycles. The molecule has 0 aliphatic heterocycles. The molecule has 2 N–H and O–H groups in total. The number of nitrogens with two attached hydrogens (primary N) is 1. The van der Waals surface area contributed by atoms with Crippen LogP contribution in [0.4, 0.5) is 0 Å². The van der Waals surface area contributed by atoms with E-state index >= 15 is 0 Å². The Bertz CT molecular complexity index is 87.5. The van der Waals surface area contributed by atoms with E-state index in [1.54, 1.807) is 0 Å². The van der Waals surface area contributed by atoms with Gasteiger partial charge in [-0.05, 0) is 32.6 Å². The molecule has 0 atom stereocenters. The van der Waals surface area contributed by atoms with Crippen LogP contribution in [0.3, 0.4) is 0 Å². The SMILES string of the molecule is CCC(CC)CCC(C)(C)N. The fraction of sp³-hybridized carbons (Fsp3) is 1.00. The van der Waals surface area contributed by atoms with Gasteiger partial charge in [-0.2, -0.15) is 0 Å². The number of hydrogen-bond donors (Lipinski definition) is 1. The summed E-state index contributed by atoms with van der Waals surface area (Å²) in [6, 6.07) is 0. The molecule has 0 radical (unpaired) electrons. The minimum atomic E-state index is 0.0303. The second kappa shape index (κ2) is 4.76. The average Bonchev–Trinajstić information content (AvgIpc) is 1.88. The van der Waals surface area contributed by atoms with Crippen molar-refractivity contribution in [2.75, 3.05) is 0 Å². The molecule has 0 saturated heterocycles. The van der Waals surface area contributed by atoms with Gasteiger partial charge in [-0.25, -0.2) is 0 Å². The van der Waals surface area contributed by atoms with Crippen LogP contribution in [0.15, 0.2) is 0 Å². The van der Waals surface area contributed by atoms with Gasteiger partial charge in [-0.3, -0.25) is 0 Å². The van der Waals surface area contributed by atoms with Crippen LogP contribution in [0.1, 0.15) is 53.4 Å². The van der Waals surface area contributed by atoms with Gasteiger partial charge < -0.3 is 5.73 Å². The highest BCUT2D eigenvalue weighted by molar-refractivity contribution is 4.72. The van der Waals surface area contributed by atoms with Crippen LogP contribution in [0.5, 0.6) is 0 Å². The Kier molecular flexibility index (Phi) is 4.74. The zero-order valence-corrected chi connectivity index (χ0v) is 8.48. The topological polar surface area (TPSA) is 26.0 Å². The van der Waals surface area contributed by atoms with Crippen molar-refractivity contribution in [2.45, 2.75) is 58.9 Å². The maximum Gasteiger partial charge on any atom is 0.00971 e. The van der Waals surface area contributed by atoms with Crippen molar-refractivity contribution in [3.8, 4) is 0 Å². The third-order valence-electron chi connectivity index (χ3n) is 2.35. The highest BCUT2D eigenvalue weighted by Crippen LogP contribution is 2.18. The smallest absolute Gasteiger partial charge is 0.00971 e. The van der Waals surface area contributed by atoms with Crippen molar-refractivity contribution in [2.24, 2.45) is 11.7 Å². The van der Waals surface area contributed by atoms with Crippen molar-refractivity contribution in [1.29, 1.82) is 0 Å². The van der Waals surface area contributed by atoms with E-state index in [9.17, 15) is 0 Å². The van der Waals surface area contributed by atoms with Gasteiger partial charge in [0.15, 0.2) is 0 Å². The van der Waals surface area contributed by atoms with Crippen molar-refractivity contribution >= 4 is 0 Å². The van der Waals surface area contributed by atoms with Gasteiger partial charge in [0.25, 0.3) is 0 Å². The lowest BCUT2D eigenvalue weighted by Gasteiger charge is -2.21. The van der Waals surface area contributed by atoms with Gasteiger partial charge in [0, 0.05) is 5.54 Å². The minimum Gasteiger partial charge on any atom is -0.326 e. The van der Waals surface area contributed by atoms with Crippen LogP contribution in [-0.4, -0.2) is 5.54 Å². The second-order valence-corrected chi connectivity index (χ2v) is 4.21. The molecule has 0 rings (SSSR count). The van der Waals surface area contributed by atoms with E-state index < -0.39 is 0 Å². The van der Waals surface area contributed by atoms with Gasteiger partial charge in [0.2, 0.25) is 0 Å². The summed E-state index contributed by atoms with van der Waals surface area (Å²) in [6.07, 6.45) is 5.04. The standard InChI is InChI=1S/C10H23N/c1-5-9(6-2)7-8-10(3,4)11/h9H,5-8,11H2,1-4H3. The molecule has 0 amide bonds. The maximum absolute atomic E-state index is 5.89. The predicted octanol–water partition coefficient (Wildman–Crippen LogP) is 2.94. The molecule has 0 unspecified atom stereocenters. The first-order valence-electron chi connectivity index (χ1n) is 4.78. The highest BCUT2D eigenvalue weighted by atomic mass is 14.7. The van der Waals surface area contributed by atoms with Crippen LogP contribution in [-0.2, 0) is 0 Å². The molecule has 0 aromatic rings. The summed E-state index contributed by atoms with van der Waals surface area (Å²) in [7, 11) is 0. The van der Waals surface area contributed by atoms with Gasteiger partial charge >= 0.3 is 0 Å². The molecule has 0 aliphatic carbocycles. The molecule has 0 saturated carbocycles. The number of hydrogen-bond acceptors (Lipinski definition) is 1. The summed E-state index contributed by atoms with van der Waals surface area (Å²) in [5, 5.41) is 0. The Morgan fingerprint density at radius 1 is 1.18 bits per heavy atom. The Labute approximate surface area is 71.4 Å². The molecule has 68 valence electrons. The van der Waals surface area contributed by atoms with Crippen LogP contribution < -0.4 is 5.73 Å². The summed E-state index contributed by atoms with van der Waals surface area (Å²) in [5.74, 6) is 0.887. The lowest BCUT2D eigenvalue weighted by molar-refractivity contribution is 0.369. The molecule has 0 aromatic carbocycles. The zero-order chi connectivity index (χ0) is 8.91. The third-order valence-corrected chi connectivity index (χ3v) is 2.35. The van der Waals surface area contributed by atoms with E-state index in [1.165, 1.54) is 19.3 Å². The van der Waals surface area contributed by atoms with Gasteiger partial charge in [-0.15, -0.1) is 0 Å². The first kappa shape index (κ1) is 11.0. The fourth-order valence-corrected chi connectivity index (χ4v) is 1.27. The van der Waals surface area contributed by atoms with Gasteiger partial charge in [0.1, 0.15) is 0 Å². The zero-order valence-electron chi connectivity index (χ0n) is 8.48. The molecular formula is C10H23N. The fourth-order valence-electron chi connectivity index (χ4n) is 1.27. The third kappa shape index (κ3) is 6.36. The first-order valence-corrected chi connectivity index (χ1v) is 4.78. The van der Waals surface area contributed by atoms with E-state index in [1.807, 2.05) is 0 Å². The molecular weight excluding hydrogens is 134 g/mol. The number of rotatable bonds is 5. The van der Waals surface area contributed by atoms with Crippen LogP contribution in [0.2, 0.25) is 0 Å². The Balaban J connectivity index is 3.51. The predicted molar refractivity (Wildman–Crippen MR) is 51.6 cm³/mol. The first-order chi connectivity index (χ1) is 4.99. The van der Waals surface area contributed by atoms with Crippen LogP contribution >= 0.6 is 0 Å². The summed E-state index contributed by atoms with van der Waals surface area (Å²) in [4.78, 5) is 0. The van der Waals surface area contributed by atoms with E-state index in [2.05, 4.69) is 27.7 Å². The quantitative estimate of drug-likeness (QED) is 0.652. The van der Waals surface area contributed by atoms with Crippen molar-refractivity contribution in [3.63, 3.8) is 0 Å². The Hall–Kier alpha value is -0.0400.